The first kappa shape index (κ1) is 86.1. The summed E-state index contributed by atoms with van der Waals surface area (Å²) in [6.07, 6.45) is 7.13. The quantitative estimate of drug-likeness (QED) is 0.109. The number of hydrogen-bond acceptors (Lipinski definition) is 12. The van der Waals surface area contributed by atoms with Gasteiger partial charge in [-0.3, -0.25) is 0 Å². The van der Waals surface area contributed by atoms with Crippen molar-refractivity contribution in [1.82, 2.24) is 19.9 Å². The zero-order chi connectivity index (χ0) is 79.0. The molecule has 3 aromatic heterocycles. The van der Waals surface area contributed by atoms with E-state index in [0.29, 0.717) is 0 Å². The monoisotopic (exact) mass is 2270 g/mol. The van der Waals surface area contributed by atoms with Gasteiger partial charge >= 0.3 is 0 Å². The minimum absolute atomic E-state index is 0. The molecule has 0 atom stereocenters. The third-order valence-corrected chi connectivity index (χ3v) is 20.7. The molecular formula is C104H84Ir4N12-8. The molecule has 12 nitrogen and oxygen atoms in total. The minimum atomic E-state index is 0. The van der Waals surface area contributed by atoms with Crippen LogP contribution in [0.1, 0.15) is 52.7 Å². The number of benzene rings is 13. The molecule has 7 heterocycles. The van der Waals surface area contributed by atoms with E-state index in [0.717, 1.165) is 103 Å². The van der Waals surface area contributed by atoms with Gasteiger partial charge < -0.3 is 39.2 Å². The van der Waals surface area contributed by atoms with E-state index in [4.69, 9.17) is 9.97 Å². The van der Waals surface area contributed by atoms with Gasteiger partial charge in [0.2, 0.25) is 0 Å². The van der Waals surface area contributed by atoms with Crippen LogP contribution in [0, 0.1) is 50.9 Å². The Hall–Kier alpha value is -11.8. The van der Waals surface area contributed by atoms with Gasteiger partial charge in [-0.25, -0.2) is 19.9 Å². The first-order valence-electron chi connectivity index (χ1n) is 39.0. The third-order valence-electron chi connectivity index (χ3n) is 20.7. The molecule has 20 rings (SSSR count). The van der Waals surface area contributed by atoms with Crippen LogP contribution in [0.2, 0.25) is 0 Å². The van der Waals surface area contributed by atoms with E-state index in [2.05, 4.69) is 403 Å². The molecule has 0 amide bonds. The van der Waals surface area contributed by atoms with Crippen LogP contribution in [0.5, 0.6) is 0 Å². The van der Waals surface area contributed by atoms with Crippen molar-refractivity contribution in [3.63, 3.8) is 0 Å². The van der Waals surface area contributed by atoms with Crippen molar-refractivity contribution in [2.24, 2.45) is 0 Å². The Morgan fingerprint density at radius 3 is 0.883 bits per heavy atom. The summed E-state index contributed by atoms with van der Waals surface area (Å²) in [6.45, 7) is 21.7. The molecule has 0 bridgehead atoms. The van der Waals surface area contributed by atoms with Crippen LogP contribution in [-0.4, -0.2) is 19.9 Å². The predicted octanol–water partition coefficient (Wildman–Crippen LogP) is 26.4. The number of fused-ring (bicyclic) bond motifs is 4. The molecule has 4 aliphatic rings. The molecule has 16 heteroatoms. The van der Waals surface area contributed by atoms with Crippen molar-refractivity contribution in [3.8, 4) is 44.5 Å². The maximum atomic E-state index is 4.72. The number of para-hydroxylation sites is 8. The second kappa shape index (κ2) is 39.0. The van der Waals surface area contributed by atoms with Crippen molar-refractivity contribution < 1.29 is 80.4 Å². The molecule has 0 spiro atoms. The Morgan fingerprint density at radius 1 is 0.217 bits per heavy atom. The maximum Gasteiger partial charge on any atom is 0.145 e. The number of hydrogen-bond donors (Lipinski definition) is 0. The number of rotatable bonds is 12. The normalized spacial score (nSPS) is 12.7. The summed E-state index contributed by atoms with van der Waals surface area (Å²) in [5, 5.41) is 0. The fourth-order valence-corrected chi connectivity index (χ4v) is 14.8. The molecule has 604 valence electrons. The van der Waals surface area contributed by atoms with E-state index in [9.17, 15) is 0 Å². The number of pyridine rings is 2. The van der Waals surface area contributed by atoms with Crippen LogP contribution in [0.25, 0.3) is 44.5 Å². The zero-order valence-corrected chi connectivity index (χ0v) is 76.4. The standard InChI is InChI=1S/2C28H25N3.C25H18N2.C23H16N4.4Ir/c1-28(2,3)22-15-17-23(18-16-22)30-20-31(26-14-9-19-29-27(26)30)25-13-8-7-12-24(25)21-10-5-4-6-11-21;1-28(2,3)22-15-17-23(18-16-22)30-20-31(27-26(30)14-9-19-29-27)25-13-8-7-12-24(25)21-10-5-4-6-11-21;1-3-11-20(12-4-1)22-15-7-8-16-23(22)27-19-26(21-13-5-2-6-14-21)24-17-9-10-18-25(24)27;1-3-9-18(10-4-1)20-13-7-8-14-21(20)27-17-26(19-11-5-2-6-12-19)22-23(27)25-16-15-24-22;;;;/h2*4-17,19-20H,1-3H3;1-13,15-19H;1-11,13-17H;;;;/q4*-2;;;;. The number of nitrogens with zero attached hydrogens (tertiary/aromatic N) is 12. The van der Waals surface area contributed by atoms with Crippen LogP contribution in [0.3, 0.4) is 0 Å². The molecule has 0 unspecified atom stereocenters. The second-order valence-electron chi connectivity index (χ2n) is 30.3. The Morgan fingerprint density at radius 2 is 0.483 bits per heavy atom. The largest absolute Gasteiger partial charge is 0.493 e. The molecule has 0 aliphatic carbocycles. The molecule has 16 aromatic rings. The van der Waals surface area contributed by atoms with Crippen LogP contribution in [0.15, 0.2) is 377 Å². The first-order valence-corrected chi connectivity index (χ1v) is 39.0. The fourth-order valence-electron chi connectivity index (χ4n) is 14.8. The van der Waals surface area contributed by atoms with E-state index >= 15 is 0 Å². The van der Waals surface area contributed by atoms with Crippen LogP contribution < -0.4 is 39.2 Å². The van der Waals surface area contributed by atoms with E-state index in [1.165, 1.54) is 44.5 Å². The summed E-state index contributed by atoms with van der Waals surface area (Å²) in [7, 11) is 0. The molecule has 0 N–H and O–H groups in total. The Balaban J connectivity index is 0.000000137. The van der Waals surface area contributed by atoms with Gasteiger partial charge in [-0.15, -0.1) is 61.6 Å². The van der Waals surface area contributed by atoms with E-state index in [-0.39, 0.29) is 91.3 Å². The number of anilines is 16. The zero-order valence-electron chi connectivity index (χ0n) is 66.8. The average Bonchev–Trinajstić information content (AvgIpc) is 1.64. The van der Waals surface area contributed by atoms with Gasteiger partial charge in [-0.05, 0) is 82.9 Å². The predicted molar refractivity (Wildman–Crippen MR) is 477 cm³/mol. The molecule has 0 saturated heterocycles. The molecule has 0 saturated carbocycles. The second-order valence-corrected chi connectivity index (χ2v) is 30.3. The SMILES string of the molecule is CC(C)(C)c1c[c-]c(N2[CH-]N(c3ccccc3-c3ccccc3)c3cccnc32)cc1.CC(C)(C)c1c[c-]c(N2[CH-]N(c3ccccc3-c3ccccc3)c3ncccc32)cc1.[Ir].[Ir].[Ir].[Ir].[c-]1ccccc1N1[CH-]N(c2ccccc2-c2ccccc2)c2ccccc21.[c-]1ccccc1N1[CH-]N(c2ccccc2-c2ccccc2)c2nccnc21. The van der Waals surface area contributed by atoms with Crippen LogP contribution in [0.4, 0.5) is 91.5 Å². The summed E-state index contributed by atoms with van der Waals surface area (Å²) < 4.78 is 0. The van der Waals surface area contributed by atoms with E-state index in [1.807, 2.05) is 103 Å². The third kappa shape index (κ3) is 18.5. The summed E-state index contributed by atoms with van der Waals surface area (Å²) in [5.41, 5.74) is 25.0. The smallest absolute Gasteiger partial charge is 0.145 e. The summed E-state index contributed by atoms with van der Waals surface area (Å²) in [6, 6.07) is 135. The van der Waals surface area contributed by atoms with Crippen molar-refractivity contribution in [2.45, 2.75) is 52.4 Å². The molecular weight excluding hydrogens is 2190 g/mol. The van der Waals surface area contributed by atoms with E-state index < -0.39 is 0 Å². The van der Waals surface area contributed by atoms with Crippen molar-refractivity contribution in [2.75, 3.05) is 39.2 Å². The van der Waals surface area contributed by atoms with Crippen LogP contribution >= 0.6 is 0 Å². The molecule has 4 aliphatic heterocycles. The van der Waals surface area contributed by atoms with Crippen molar-refractivity contribution >= 4 is 91.5 Å². The maximum absolute atomic E-state index is 4.72. The summed E-state index contributed by atoms with van der Waals surface area (Å²) in [5.74, 6) is 3.42. The van der Waals surface area contributed by atoms with E-state index in [1.54, 1.807) is 12.4 Å². The fraction of sp³-hybridized carbons (Fsp3) is 0.0769. The Bertz CT molecular complexity index is 5640. The van der Waals surface area contributed by atoms with Gasteiger partial charge in [-0.2, -0.15) is 108 Å². The molecule has 120 heavy (non-hydrogen) atoms. The van der Waals surface area contributed by atoms with Gasteiger partial charge in [-0.1, -0.05) is 259 Å². The number of aromatic nitrogens is 4. The van der Waals surface area contributed by atoms with Gasteiger partial charge in [0.25, 0.3) is 0 Å². The molecule has 0 fully saturated rings. The Kier molecular flexibility index (Phi) is 28.0. The van der Waals surface area contributed by atoms with Gasteiger partial charge in [0.05, 0.1) is 11.4 Å². The van der Waals surface area contributed by atoms with Crippen molar-refractivity contribution in [1.29, 1.82) is 0 Å². The molecule has 13 aromatic carbocycles. The Labute approximate surface area is 760 Å². The van der Waals surface area contributed by atoms with Gasteiger partial charge in [0.15, 0.2) is 0 Å². The summed E-state index contributed by atoms with van der Waals surface area (Å²) in [4.78, 5) is 35.8. The van der Waals surface area contributed by atoms with Gasteiger partial charge in [0.1, 0.15) is 23.3 Å². The summed E-state index contributed by atoms with van der Waals surface area (Å²) >= 11 is 0. The topological polar surface area (TPSA) is 77.5 Å². The van der Waals surface area contributed by atoms with Crippen molar-refractivity contribution in [3.05, 3.63) is 439 Å². The minimum Gasteiger partial charge on any atom is -0.493 e. The van der Waals surface area contributed by atoms with Crippen LogP contribution in [-0.2, 0) is 91.3 Å². The average molecular weight is 2270 g/mol. The first-order chi connectivity index (χ1) is 56.9. The van der Waals surface area contributed by atoms with Gasteiger partial charge in [0, 0.05) is 162 Å². The molecule has 4 radical (unpaired) electrons.